The minimum Gasteiger partial charge on any atom is -0.477 e. The Morgan fingerprint density at radius 3 is 2.16 bits per heavy atom. The molecule has 0 amide bonds. The average Bonchev–Trinajstić information content (AvgIpc) is 2.23. The Hall–Kier alpha value is -2.00. The highest BCUT2D eigenvalue weighted by atomic mass is 19.4. The lowest BCUT2D eigenvalue weighted by Gasteiger charge is -2.24. The lowest BCUT2D eigenvalue weighted by Crippen LogP contribution is -2.46. The normalized spacial score (nSPS) is 12.6. The van der Waals surface area contributed by atoms with Gasteiger partial charge in [0.25, 0.3) is 6.10 Å². The van der Waals surface area contributed by atoms with Crippen LogP contribution < -0.4 is 4.74 Å². The number of alkyl halides is 6. The first-order valence-corrected chi connectivity index (χ1v) is 4.51. The van der Waals surface area contributed by atoms with Crippen molar-refractivity contribution in [2.75, 3.05) is 0 Å². The van der Waals surface area contributed by atoms with Crippen LogP contribution in [0.3, 0.4) is 0 Å². The molecule has 19 heavy (non-hydrogen) atoms. The number of carboxylic acids is 1. The van der Waals surface area contributed by atoms with Gasteiger partial charge in [0.1, 0.15) is 11.3 Å². The predicted octanol–water partition coefficient (Wildman–Crippen LogP) is 2.65. The summed E-state index contributed by atoms with van der Waals surface area (Å²) in [6.45, 7) is 0. The minimum atomic E-state index is -5.72. The van der Waals surface area contributed by atoms with E-state index in [0.717, 1.165) is 6.20 Å². The quantitative estimate of drug-likeness (QED) is 0.869. The molecule has 0 spiro atoms. The number of hydrogen-bond donors (Lipinski definition) is 1. The first-order chi connectivity index (χ1) is 8.53. The number of aromatic nitrogens is 1. The van der Waals surface area contributed by atoms with Crippen molar-refractivity contribution in [2.45, 2.75) is 18.5 Å². The Morgan fingerprint density at radius 2 is 1.74 bits per heavy atom. The van der Waals surface area contributed by atoms with Gasteiger partial charge >= 0.3 is 18.3 Å². The molecule has 0 unspecified atom stereocenters. The van der Waals surface area contributed by atoms with Crippen LogP contribution in [0.1, 0.15) is 10.4 Å². The summed E-state index contributed by atoms with van der Waals surface area (Å²) in [5, 5.41) is 8.60. The number of carboxylic acid groups (broad SMARTS) is 1. The highest BCUT2D eigenvalue weighted by molar-refractivity contribution is 5.90. The van der Waals surface area contributed by atoms with Gasteiger partial charge in [-0.15, -0.1) is 0 Å². The summed E-state index contributed by atoms with van der Waals surface area (Å²) in [4.78, 5) is 13.9. The smallest absolute Gasteiger partial charge is 0.434 e. The molecular formula is C9H5F6NO3. The van der Waals surface area contributed by atoms with E-state index in [0.29, 0.717) is 12.3 Å². The predicted molar refractivity (Wildman–Crippen MR) is 47.7 cm³/mol. The fourth-order valence-corrected chi connectivity index (χ4v) is 1.09. The molecule has 0 bridgehead atoms. The molecule has 0 aliphatic heterocycles. The van der Waals surface area contributed by atoms with E-state index in [1.54, 1.807) is 0 Å². The zero-order valence-corrected chi connectivity index (χ0v) is 8.79. The Labute approximate surface area is 101 Å². The van der Waals surface area contributed by atoms with E-state index in [2.05, 4.69) is 9.72 Å². The molecule has 0 saturated heterocycles. The summed E-state index contributed by atoms with van der Waals surface area (Å²) < 4.78 is 77.1. The van der Waals surface area contributed by atoms with Gasteiger partial charge in [-0.05, 0) is 6.07 Å². The second kappa shape index (κ2) is 4.94. The van der Waals surface area contributed by atoms with E-state index in [1.165, 1.54) is 0 Å². The van der Waals surface area contributed by atoms with Crippen LogP contribution in [0.25, 0.3) is 0 Å². The maximum absolute atomic E-state index is 12.2. The number of pyridine rings is 1. The van der Waals surface area contributed by atoms with Crippen molar-refractivity contribution >= 4 is 5.97 Å². The monoisotopic (exact) mass is 289 g/mol. The molecule has 0 radical (unpaired) electrons. The van der Waals surface area contributed by atoms with Crippen LogP contribution in [0.4, 0.5) is 26.3 Å². The van der Waals surface area contributed by atoms with Crippen molar-refractivity contribution < 1.29 is 41.0 Å². The van der Waals surface area contributed by atoms with Crippen molar-refractivity contribution in [1.82, 2.24) is 4.98 Å². The average molecular weight is 289 g/mol. The van der Waals surface area contributed by atoms with Crippen molar-refractivity contribution in [1.29, 1.82) is 0 Å². The molecule has 4 nitrogen and oxygen atoms in total. The largest absolute Gasteiger partial charge is 0.477 e. The Bertz CT molecular complexity index is 456. The summed E-state index contributed by atoms with van der Waals surface area (Å²) in [7, 11) is 0. The summed E-state index contributed by atoms with van der Waals surface area (Å²) in [6.07, 6.45) is -14.2. The molecule has 0 fully saturated rings. The summed E-state index contributed by atoms with van der Waals surface area (Å²) in [5.41, 5.74) is -0.902. The molecule has 0 saturated carbocycles. The van der Waals surface area contributed by atoms with Crippen LogP contribution >= 0.6 is 0 Å². The van der Waals surface area contributed by atoms with E-state index >= 15 is 0 Å². The standard InChI is InChI=1S/C9H5F6NO3/c10-8(11,12)7(9(13,14)15)19-5-1-2-16-3-4(5)6(17)18/h1-3,7H,(H,17,18). The minimum absolute atomic E-state index is 0.585. The van der Waals surface area contributed by atoms with Crippen LogP contribution in [0.2, 0.25) is 0 Å². The maximum atomic E-state index is 12.2. The van der Waals surface area contributed by atoms with E-state index in [4.69, 9.17) is 5.11 Å². The molecular weight excluding hydrogens is 284 g/mol. The molecule has 10 heteroatoms. The fourth-order valence-electron chi connectivity index (χ4n) is 1.09. The van der Waals surface area contributed by atoms with Crippen molar-refractivity contribution in [3.8, 4) is 5.75 Å². The summed E-state index contributed by atoms with van der Waals surface area (Å²) >= 11 is 0. The zero-order valence-electron chi connectivity index (χ0n) is 8.79. The number of halogens is 6. The SMILES string of the molecule is O=C(O)c1cnccc1OC(C(F)(F)F)C(F)(F)F. The lowest BCUT2D eigenvalue weighted by molar-refractivity contribution is -0.300. The molecule has 1 rings (SSSR count). The van der Waals surface area contributed by atoms with Gasteiger partial charge in [-0.3, -0.25) is 4.98 Å². The van der Waals surface area contributed by atoms with Crippen LogP contribution in [0.5, 0.6) is 5.75 Å². The highest BCUT2D eigenvalue weighted by Gasteiger charge is 2.59. The third kappa shape index (κ3) is 3.73. The third-order valence-electron chi connectivity index (χ3n) is 1.85. The lowest BCUT2D eigenvalue weighted by atomic mass is 10.2. The van der Waals surface area contributed by atoms with Gasteiger partial charge in [-0.1, -0.05) is 0 Å². The van der Waals surface area contributed by atoms with E-state index in [1.807, 2.05) is 0 Å². The summed E-state index contributed by atoms with van der Waals surface area (Å²) in [5.74, 6) is -2.83. The van der Waals surface area contributed by atoms with E-state index < -0.39 is 35.7 Å². The van der Waals surface area contributed by atoms with Gasteiger partial charge < -0.3 is 9.84 Å². The van der Waals surface area contributed by atoms with Crippen LogP contribution in [0, 0.1) is 0 Å². The summed E-state index contributed by atoms with van der Waals surface area (Å²) in [6, 6.07) is 0.605. The van der Waals surface area contributed by atoms with Crippen LogP contribution in [-0.4, -0.2) is 34.5 Å². The number of hydrogen-bond acceptors (Lipinski definition) is 3. The van der Waals surface area contributed by atoms with Gasteiger partial charge in [0.05, 0.1) is 0 Å². The van der Waals surface area contributed by atoms with Gasteiger partial charge in [-0.25, -0.2) is 4.79 Å². The third-order valence-corrected chi connectivity index (χ3v) is 1.85. The van der Waals surface area contributed by atoms with Crippen LogP contribution in [0.15, 0.2) is 18.5 Å². The van der Waals surface area contributed by atoms with Crippen molar-refractivity contribution in [2.24, 2.45) is 0 Å². The van der Waals surface area contributed by atoms with E-state index in [-0.39, 0.29) is 0 Å². The molecule has 0 aliphatic rings. The first kappa shape index (κ1) is 15.1. The molecule has 1 N–H and O–H groups in total. The number of nitrogens with zero attached hydrogens (tertiary/aromatic N) is 1. The fraction of sp³-hybridized carbons (Fsp3) is 0.333. The Kier molecular flexibility index (Phi) is 3.91. The molecule has 0 aliphatic carbocycles. The van der Waals surface area contributed by atoms with Gasteiger partial charge in [0.15, 0.2) is 0 Å². The second-order valence-corrected chi connectivity index (χ2v) is 3.26. The molecule has 1 aromatic rings. The van der Waals surface area contributed by atoms with Gasteiger partial charge in [0, 0.05) is 12.4 Å². The topological polar surface area (TPSA) is 59.4 Å². The molecule has 1 heterocycles. The molecule has 1 aromatic heterocycles. The maximum Gasteiger partial charge on any atom is 0.434 e. The number of rotatable bonds is 3. The van der Waals surface area contributed by atoms with Crippen molar-refractivity contribution in [3.63, 3.8) is 0 Å². The van der Waals surface area contributed by atoms with Crippen molar-refractivity contribution in [3.05, 3.63) is 24.0 Å². The Morgan fingerprint density at radius 1 is 1.21 bits per heavy atom. The van der Waals surface area contributed by atoms with E-state index in [9.17, 15) is 31.1 Å². The van der Waals surface area contributed by atoms with Crippen LogP contribution in [-0.2, 0) is 0 Å². The van der Waals surface area contributed by atoms with Gasteiger partial charge in [0.2, 0.25) is 0 Å². The number of carbonyl (C=O) groups is 1. The second-order valence-electron chi connectivity index (χ2n) is 3.26. The zero-order chi connectivity index (χ0) is 14.8. The number of ether oxygens (including phenoxy) is 1. The van der Waals surface area contributed by atoms with Gasteiger partial charge in [-0.2, -0.15) is 26.3 Å². The molecule has 0 aromatic carbocycles. The molecule has 0 atom stereocenters. The number of aromatic carboxylic acids is 1. The molecule has 106 valence electrons. The highest BCUT2D eigenvalue weighted by Crippen LogP contribution is 2.37. The first-order valence-electron chi connectivity index (χ1n) is 4.51. The Balaban J connectivity index is 3.15.